The number of aryl methyl sites for hydroxylation is 1. The predicted molar refractivity (Wildman–Crippen MR) is 98.9 cm³/mol. The third-order valence-electron chi connectivity index (χ3n) is 4.54. The molecular weight excluding hydrogens is 330 g/mol. The maximum Gasteiger partial charge on any atom is 0.319 e. The van der Waals surface area contributed by atoms with Gasteiger partial charge >= 0.3 is 6.03 Å². The van der Waals surface area contributed by atoms with Crippen LogP contribution >= 0.6 is 0 Å². The molecule has 0 aliphatic carbocycles. The molecule has 3 rings (SSSR count). The lowest BCUT2D eigenvalue weighted by atomic mass is 10.1. The Hall–Kier alpha value is -3.28. The van der Waals surface area contributed by atoms with E-state index in [4.69, 9.17) is 0 Å². The summed E-state index contributed by atoms with van der Waals surface area (Å²) in [6.07, 6.45) is 1.89. The van der Waals surface area contributed by atoms with Crippen LogP contribution in [0.25, 0.3) is 10.9 Å². The van der Waals surface area contributed by atoms with Gasteiger partial charge in [-0.25, -0.2) is 4.79 Å². The van der Waals surface area contributed by atoms with Crippen LogP contribution < -0.4 is 15.7 Å². The molecule has 6 nitrogen and oxygen atoms in total. The highest BCUT2D eigenvalue weighted by molar-refractivity contribution is 5.93. The number of benzene rings is 2. The summed E-state index contributed by atoms with van der Waals surface area (Å²) in [7, 11) is 0. The van der Waals surface area contributed by atoms with Gasteiger partial charge in [-0.1, -0.05) is 30.3 Å². The van der Waals surface area contributed by atoms with Gasteiger partial charge in [0.25, 0.3) is 0 Å². The number of aromatic amines is 1. The van der Waals surface area contributed by atoms with Crippen LogP contribution in [0.3, 0.4) is 0 Å². The Bertz CT molecular complexity index is 962. The van der Waals surface area contributed by atoms with Gasteiger partial charge in [0.1, 0.15) is 0 Å². The highest BCUT2D eigenvalue weighted by Gasteiger charge is 2.17. The van der Waals surface area contributed by atoms with Gasteiger partial charge in [0, 0.05) is 29.2 Å². The zero-order valence-electron chi connectivity index (χ0n) is 14.6. The summed E-state index contributed by atoms with van der Waals surface area (Å²) >= 11 is 0. The van der Waals surface area contributed by atoms with E-state index in [9.17, 15) is 14.7 Å². The minimum absolute atomic E-state index is 0.132. The number of H-pyrrole nitrogens is 1. The van der Waals surface area contributed by atoms with Crippen LogP contribution in [0.5, 0.6) is 0 Å². The summed E-state index contributed by atoms with van der Waals surface area (Å²) in [5, 5.41) is 17.6. The fourth-order valence-corrected chi connectivity index (χ4v) is 2.92. The molecule has 3 aromatic rings. The van der Waals surface area contributed by atoms with Crippen LogP contribution in [0.4, 0.5) is 10.5 Å². The molecule has 0 saturated heterocycles. The zero-order valence-corrected chi connectivity index (χ0v) is 14.6. The number of carbonyl (C=O) groups is 2. The van der Waals surface area contributed by atoms with Gasteiger partial charge < -0.3 is 25.5 Å². The number of hydrogen-bond acceptors (Lipinski definition) is 3. The lowest BCUT2D eigenvalue weighted by molar-refractivity contribution is -0.308. The summed E-state index contributed by atoms with van der Waals surface area (Å²) in [5.74, 6) is -1.33. The lowest BCUT2D eigenvalue weighted by Crippen LogP contribution is -2.50. The smallest absolute Gasteiger partial charge is 0.319 e. The molecule has 0 spiro atoms. The number of carbonyl (C=O) groups excluding carboxylic acids is 2. The van der Waals surface area contributed by atoms with E-state index < -0.39 is 18.0 Å². The van der Waals surface area contributed by atoms with E-state index >= 15 is 0 Å². The fourth-order valence-electron chi connectivity index (χ4n) is 2.92. The number of hydrogen-bond donors (Lipinski definition) is 3. The van der Waals surface area contributed by atoms with Crippen molar-refractivity contribution < 1.29 is 14.7 Å². The Morgan fingerprint density at radius 3 is 2.65 bits per heavy atom. The Labute approximate surface area is 151 Å². The van der Waals surface area contributed by atoms with E-state index in [-0.39, 0.29) is 6.42 Å². The maximum atomic E-state index is 12.3. The van der Waals surface area contributed by atoms with Gasteiger partial charge in [-0.15, -0.1) is 0 Å². The normalized spacial score (nSPS) is 11.9. The molecule has 2 aromatic carbocycles. The highest BCUT2D eigenvalue weighted by atomic mass is 16.4. The maximum absolute atomic E-state index is 12.3. The molecule has 1 atom stereocenters. The number of amides is 2. The van der Waals surface area contributed by atoms with Crippen molar-refractivity contribution in [2.24, 2.45) is 0 Å². The standard InChI is InChI=1S/C20H21N3O3/c1-12-6-5-9-16(13(12)2)22-20(26)23-18(19(24)25)10-14-11-21-17-8-4-3-7-15(14)17/h3-9,11,18,21H,10H2,1-2H3,(H,24,25)(H2,22,23,26)/p-1/t18-/m1/s1. The molecule has 0 unspecified atom stereocenters. The van der Waals surface area contributed by atoms with Gasteiger partial charge in [-0.3, -0.25) is 0 Å². The van der Waals surface area contributed by atoms with E-state index in [1.165, 1.54) is 0 Å². The van der Waals surface area contributed by atoms with Gasteiger partial charge in [-0.05, 0) is 42.7 Å². The molecular formula is C20H20N3O3-. The topological polar surface area (TPSA) is 97.1 Å². The monoisotopic (exact) mass is 350 g/mol. The number of aromatic nitrogens is 1. The summed E-state index contributed by atoms with van der Waals surface area (Å²) in [6.45, 7) is 3.84. The second-order valence-electron chi connectivity index (χ2n) is 6.28. The van der Waals surface area contributed by atoms with Crippen LogP contribution in [0, 0.1) is 13.8 Å². The van der Waals surface area contributed by atoms with Crippen molar-refractivity contribution in [3.8, 4) is 0 Å². The van der Waals surface area contributed by atoms with Crippen LogP contribution in [-0.2, 0) is 11.2 Å². The lowest BCUT2D eigenvalue weighted by Gasteiger charge is -2.20. The number of rotatable bonds is 5. The first-order chi connectivity index (χ1) is 12.5. The van der Waals surface area contributed by atoms with Crippen molar-refractivity contribution in [1.82, 2.24) is 10.3 Å². The summed E-state index contributed by atoms with van der Waals surface area (Å²) in [6, 6.07) is 11.4. The molecule has 26 heavy (non-hydrogen) atoms. The number of nitrogens with one attached hydrogen (secondary N) is 3. The van der Waals surface area contributed by atoms with Gasteiger partial charge in [0.2, 0.25) is 0 Å². The Morgan fingerprint density at radius 1 is 1.12 bits per heavy atom. The number of carboxylic acid groups (broad SMARTS) is 1. The average molecular weight is 350 g/mol. The van der Waals surface area contributed by atoms with Crippen LogP contribution in [0.2, 0.25) is 0 Å². The number of fused-ring (bicyclic) bond motifs is 1. The summed E-state index contributed by atoms with van der Waals surface area (Å²) in [5.41, 5.74) is 4.34. The van der Waals surface area contributed by atoms with Crippen LogP contribution in [0.1, 0.15) is 16.7 Å². The fraction of sp³-hybridized carbons (Fsp3) is 0.200. The SMILES string of the molecule is Cc1cccc(NC(=O)N[C@H](Cc2c[nH]c3ccccc23)C(=O)[O-])c1C. The molecule has 1 aromatic heterocycles. The third-order valence-corrected chi connectivity index (χ3v) is 4.54. The Morgan fingerprint density at radius 2 is 1.88 bits per heavy atom. The number of urea groups is 1. The summed E-state index contributed by atoms with van der Waals surface area (Å²) in [4.78, 5) is 26.9. The number of aliphatic carboxylic acids is 1. The van der Waals surface area contributed by atoms with Gasteiger partial charge in [0.05, 0.1) is 12.0 Å². The second kappa shape index (κ2) is 7.31. The first kappa shape index (κ1) is 17.5. The molecule has 0 aliphatic rings. The largest absolute Gasteiger partial charge is 0.548 e. The van der Waals surface area contributed by atoms with Crippen molar-refractivity contribution in [2.45, 2.75) is 26.3 Å². The third kappa shape index (κ3) is 3.69. The summed E-state index contributed by atoms with van der Waals surface area (Å²) < 4.78 is 0. The van der Waals surface area contributed by atoms with Crippen LogP contribution in [0.15, 0.2) is 48.7 Å². The zero-order chi connectivity index (χ0) is 18.7. The van der Waals surface area contributed by atoms with E-state index in [0.717, 1.165) is 27.6 Å². The first-order valence-electron chi connectivity index (χ1n) is 8.35. The number of carboxylic acids is 1. The molecule has 0 saturated carbocycles. The first-order valence-corrected chi connectivity index (χ1v) is 8.35. The van der Waals surface area contributed by atoms with E-state index in [1.54, 1.807) is 12.3 Å². The molecule has 0 aliphatic heterocycles. The second-order valence-corrected chi connectivity index (χ2v) is 6.28. The molecule has 1 heterocycles. The Kier molecular flexibility index (Phi) is 4.93. The molecule has 2 amide bonds. The minimum atomic E-state index is -1.33. The van der Waals surface area contributed by atoms with Crippen molar-refractivity contribution in [3.05, 3.63) is 65.4 Å². The molecule has 0 bridgehead atoms. The predicted octanol–water partition coefficient (Wildman–Crippen LogP) is 2.27. The average Bonchev–Trinajstić information content (AvgIpc) is 3.01. The Balaban J connectivity index is 1.73. The van der Waals surface area contributed by atoms with Gasteiger partial charge in [0.15, 0.2) is 0 Å². The van der Waals surface area contributed by atoms with Crippen molar-refractivity contribution in [3.63, 3.8) is 0 Å². The molecule has 6 heteroatoms. The van der Waals surface area contributed by atoms with E-state index in [2.05, 4.69) is 15.6 Å². The number of para-hydroxylation sites is 1. The molecule has 3 N–H and O–H groups in total. The van der Waals surface area contributed by atoms with Gasteiger partial charge in [-0.2, -0.15) is 0 Å². The van der Waals surface area contributed by atoms with Crippen LogP contribution in [-0.4, -0.2) is 23.0 Å². The minimum Gasteiger partial charge on any atom is -0.548 e. The molecule has 0 fully saturated rings. The van der Waals surface area contributed by atoms with Crippen molar-refractivity contribution >= 4 is 28.6 Å². The van der Waals surface area contributed by atoms with Crippen molar-refractivity contribution in [1.29, 1.82) is 0 Å². The van der Waals surface area contributed by atoms with E-state index in [1.807, 2.05) is 50.2 Å². The quantitative estimate of drug-likeness (QED) is 0.658. The molecule has 0 radical (unpaired) electrons. The number of anilines is 1. The molecule has 134 valence electrons. The van der Waals surface area contributed by atoms with E-state index in [0.29, 0.717) is 5.69 Å². The van der Waals surface area contributed by atoms with Crippen molar-refractivity contribution in [2.75, 3.05) is 5.32 Å². The highest BCUT2D eigenvalue weighted by Crippen LogP contribution is 2.20.